The monoisotopic (exact) mass is 269 g/mol. The van der Waals surface area contributed by atoms with Crippen molar-refractivity contribution in [3.8, 4) is 5.75 Å². The summed E-state index contributed by atoms with van der Waals surface area (Å²) in [5.74, 6) is 0.604. The summed E-state index contributed by atoms with van der Waals surface area (Å²) in [5, 5.41) is 12.7. The maximum absolute atomic E-state index is 9.89. The minimum Gasteiger partial charge on any atom is -0.491 e. The minimum absolute atomic E-state index is 0.0323. The highest BCUT2D eigenvalue weighted by Crippen LogP contribution is 2.12. The van der Waals surface area contributed by atoms with E-state index in [1.54, 1.807) is 21.0 Å². The zero-order chi connectivity index (χ0) is 15.9. The molecule has 2 N–H and O–H groups in total. The summed E-state index contributed by atoms with van der Waals surface area (Å²) < 4.78 is 25.8. The van der Waals surface area contributed by atoms with Gasteiger partial charge in [0, 0.05) is 21.0 Å². The van der Waals surface area contributed by atoms with Gasteiger partial charge in [0.25, 0.3) is 0 Å². The molecule has 19 heavy (non-hydrogen) atoms. The molecule has 4 heteroatoms. The lowest BCUT2D eigenvalue weighted by Gasteiger charge is -2.15. The normalized spacial score (nSPS) is 16.4. The van der Waals surface area contributed by atoms with Crippen molar-refractivity contribution in [3.63, 3.8) is 0 Å². The van der Waals surface area contributed by atoms with Gasteiger partial charge >= 0.3 is 0 Å². The number of aliphatic hydroxyl groups is 1. The van der Waals surface area contributed by atoms with E-state index >= 15 is 0 Å². The predicted octanol–water partition coefficient (Wildman–Crippen LogP) is 1.61. The number of ether oxygens (including phenoxy) is 2. The molecule has 0 saturated heterocycles. The summed E-state index contributed by atoms with van der Waals surface area (Å²) in [6, 6.07) is 6.59. The third-order valence-corrected chi connectivity index (χ3v) is 2.57. The fourth-order valence-electron chi connectivity index (χ4n) is 1.47. The third-order valence-electron chi connectivity index (χ3n) is 2.57. The number of hydrogen-bond acceptors (Lipinski definition) is 4. The van der Waals surface area contributed by atoms with Crippen LogP contribution in [0.4, 0.5) is 0 Å². The lowest BCUT2D eigenvalue weighted by atomic mass is 10.1. The van der Waals surface area contributed by atoms with Crippen LogP contribution in [0.25, 0.3) is 0 Å². The zero-order valence-corrected chi connectivity index (χ0v) is 11.9. The summed E-state index contributed by atoms with van der Waals surface area (Å²) in [6.07, 6.45) is -0.936. The van der Waals surface area contributed by atoms with E-state index in [1.807, 2.05) is 24.3 Å². The number of benzene rings is 1. The van der Waals surface area contributed by atoms with Crippen LogP contribution in [0.3, 0.4) is 0 Å². The zero-order valence-electron chi connectivity index (χ0n) is 13.9. The van der Waals surface area contributed by atoms with Crippen LogP contribution >= 0.6 is 0 Å². The van der Waals surface area contributed by atoms with Crippen LogP contribution in [-0.2, 0) is 11.2 Å². The van der Waals surface area contributed by atoms with E-state index in [9.17, 15) is 5.11 Å². The van der Waals surface area contributed by atoms with Gasteiger partial charge in [-0.15, -0.1) is 0 Å². The van der Waals surface area contributed by atoms with E-state index in [-0.39, 0.29) is 13.2 Å². The maximum atomic E-state index is 9.89. The predicted molar refractivity (Wildman–Crippen MR) is 76.7 cm³/mol. The van der Waals surface area contributed by atoms with Crippen molar-refractivity contribution >= 4 is 0 Å². The molecule has 0 heterocycles. The largest absolute Gasteiger partial charge is 0.491 e. The molecule has 0 radical (unpaired) electrons. The quantitative estimate of drug-likeness (QED) is 0.715. The molecule has 0 spiro atoms. The van der Waals surface area contributed by atoms with E-state index in [4.69, 9.17) is 12.2 Å². The van der Waals surface area contributed by atoms with Gasteiger partial charge in [0.2, 0.25) is 0 Å². The van der Waals surface area contributed by atoms with E-state index in [1.165, 1.54) is 0 Å². The van der Waals surface area contributed by atoms with Crippen molar-refractivity contribution in [1.82, 2.24) is 5.32 Å². The van der Waals surface area contributed by atoms with Gasteiger partial charge in [-0.3, -0.25) is 0 Å². The van der Waals surface area contributed by atoms with Crippen molar-refractivity contribution in [2.75, 3.05) is 26.9 Å². The summed E-state index contributed by atoms with van der Waals surface area (Å²) in [5.41, 5.74) is 1.14. The molecule has 0 aliphatic carbocycles. The Morgan fingerprint density at radius 2 is 2.00 bits per heavy atom. The number of methoxy groups -OCH3 is 1. The average Bonchev–Trinajstić information content (AvgIpc) is 2.41. The highest BCUT2D eigenvalue weighted by Gasteiger charge is 2.05. The summed E-state index contributed by atoms with van der Waals surface area (Å²) >= 11 is 0. The second-order valence-electron chi connectivity index (χ2n) is 4.60. The molecule has 0 bridgehead atoms. The van der Waals surface area contributed by atoms with E-state index in [0.29, 0.717) is 12.4 Å². The van der Waals surface area contributed by atoms with Gasteiger partial charge in [-0.25, -0.2) is 0 Å². The van der Waals surface area contributed by atoms with E-state index < -0.39 is 12.1 Å². The first-order chi connectivity index (χ1) is 9.72. The van der Waals surface area contributed by atoms with Crippen molar-refractivity contribution < 1.29 is 17.3 Å². The van der Waals surface area contributed by atoms with Crippen molar-refractivity contribution in [2.24, 2.45) is 0 Å². The molecule has 1 atom stereocenters. The van der Waals surface area contributed by atoms with E-state index in [2.05, 4.69) is 5.32 Å². The van der Waals surface area contributed by atoms with Crippen molar-refractivity contribution in [1.29, 1.82) is 0 Å². The van der Waals surface area contributed by atoms with E-state index in [0.717, 1.165) is 12.0 Å². The van der Waals surface area contributed by atoms with Crippen LogP contribution in [0.2, 0.25) is 0 Å². The fourth-order valence-corrected chi connectivity index (χ4v) is 1.47. The van der Waals surface area contributed by atoms with Crippen LogP contribution in [0.5, 0.6) is 5.75 Å². The van der Waals surface area contributed by atoms with Gasteiger partial charge in [0.1, 0.15) is 18.4 Å². The molecule has 1 rings (SSSR count). The van der Waals surface area contributed by atoms with Crippen LogP contribution in [0.15, 0.2) is 24.3 Å². The fraction of sp³-hybridized carbons (Fsp3) is 0.600. The highest BCUT2D eigenvalue weighted by atomic mass is 16.5. The molecule has 0 aliphatic heterocycles. The third kappa shape index (κ3) is 7.15. The highest BCUT2D eigenvalue weighted by molar-refractivity contribution is 5.27. The molecular weight excluding hydrogens is 242 g/mol. The smallest absolute Gasteiger partial charge is 0.119 e. The van der Waals surface area contributed by atoms with Crippen molar-refractivity contribution in [3.05, 3.63) is 29.8 Å². The van der Waals surface area contributed by atoms with Crippen LogP contribution in [-0.4, -0.2) is 44.1 Å². The van der Waals surface area contributed by atoms with Crippen LogP contribution in [0.1, 0.15) is 22.2 Å². The Balaban J connectivity index is 2.43. The molecule has 1 aromatic rings. The topological polar surface area (TPSA) is 50.7 Å². The molecule has 4 nitrogen and oxygen atoms in total. The Morgan fingerprint density at radius 1 is 1.32 bits per heavy atom. The van der Waals surface area contributed by atoms with Gasteiger partial charge in [0.05, 0.1) is 7.98 Å². The number of nitrogens with one attached hydrogen (secondary N) is 1. The van der Waals surface area contributed by atoms with Crippen LogP contribution in [0, 0.1) is 0 Å². The summed E-state index contributed by atoms with van der Waals surface area (Å²) in [7, 11) is 1.67. The lowest BCUT2D eigenvalue weighted by molar-refractivity contribution is 0.104. The van der Waals surface area contributed by atoms with Gasteiger partial charge in [-0.1, -0.05) is 26.0 Å². The summed E-state index contributed by atoms with van der Waals surface area (Å²) in [6.45, 7) is 3.79. The Bertz CT molecular complexity index is 416. The SMILES string of the molecule is [2H]C(O)(CNC([2H])(C)C)COc1ccc(CCOC)cc1. The summed E-state index contributed by atoms with van der Waals surface area (Å²) in [4.78, 5) is 0. The second-order valence-corrected chi connectivity index (χ2v) is 4.60. The Labute approximate surface area is 118 Å². The molecule has 0 fully saturated rings. The number of hydrogen-bond donors (Lipinski definition) is 2. The molecule has 108 valence electrons. The molecular formula is C15H25NO3. The second kappa shape index (κ2) is 8.91. The van der Waals surface area contributed by atoms with Gasteiger partial charge in [-0.2, -0.15) is 0 Å². The van der Waals surface area contributed by atoms with Gasteiger partial charge < -0.3 is 19.9 Å². The Morgan fingerprint density at radius 3 is 2.58 bits per heavy atom. The molecule has 1 unspecified atom stereocenters. The van der Waals surface area contributed by atoms with Gasteiger partial charge in [-0.05, 0) is 24.1 Å². The molecule has 0 aliphatic rings. The molecule has 0 amide bonds. The molecule has 0 aromatic heterocycles. The lowest BCUT2D eigenvalue weighted by Crippen LogP contribution is -2.35. The standard InChI is InChI=1S/C15H25NO3/c1-12(2)16-10-14(17)11-19-15-6-4-13(5-7-15)8-9-18-3/h4-7,12,14,16-17H,8-11H2,1-3H3/i12D,14D. The first-order valence-electron chi connectivity index (χ1n) is 7.40. The van der Waals surface area contributed by atoms with Crippen LogP contribution < -0.4 is 10.1 Å². The molecule has 0 saturated carbocycles. The van der Waals surface area contributed by atoms with Gasteiger partial charge in [0.15, 0.2) is 0 Å². The maximum Gasteiger partial charge on any atom is 0.119 e. The Kier molecular flexibility index (Phi) is 6.05. The number of rotatable bonds is 9. The minimum atomic E-state index is -1.77. The molecule has 1 aromatic carbocycles. The first kappa shape index (κ1) is 12.9. The van der Waals surface area contributed by atoms with Crippen molar-refractivity contribution in [2.45, 2.75) is 32.4 Å². The first-order valence-corrected chi connectivity index (χ1v) is 6.40. The Hall–Kier alpha value is -1.10. The average molecular weight is 269 g/mol.